The summed E-state index contributed by atoms with van der Waals surface area (Å²) < 4.78 is 24.1. The molecule has 1 aromatic carbocycles. The Kier molecular flexibility index (Phi) is 4.49. The van der Waals surface area contributed by atoms with Crippen molar-refractivity contribution in [2.75, 3.05) is 13.1 Å². The summed E-state index contributed by atoms with van der Waals surface area (Å²) in [6.45, 7) is 5.39. The van der Waals surface area contributed by atoms with Crippen molar-refractivity contribution >= 4 is 12.1 Å². The van der Waals surface area contributed by atoms with E-state index in [1.807, 2.05) is 0 Å². The van der Waals surface area contributed by atoms with Crippen LogP contribution in [0.5, 0.6) is 5.75 Å². The SMILES string of the molecule is CC(C)(C)OC(=O)N1CC(CC(=O)O)(Oc2cccc(F)c2)C1. The number of halogens is 1. The molecule has 1 fully saturated rings. The van der Waals surface area contributed by atoms with Gasteiger partial charge in [-0.05, 0) is 32.9 Å². The van der Waals surface area contributed by atoms with Crippen molar-refractivity contribution in [1.82, 2.24) is 4.90 Å². The second-order valence-corrected chi connectivity index (χ2v) is 6.65. The number of carbonyl (C=O) groups is 2. The van der Waals surface area contributed by atoms with E-state index in [1.165, 1.54) is 23.1 Å². The Labute approximate surface area is 133 Å². The fourth-order valence-corrected chi connectivity index (χ4v) is 2.37. The van der Waals surface area contributed by atoms with Crippen molar-refractivity contribution < 1.29 is 28.6 Å². The molecule has 23 heavy (non-hydrogen) atoms. The van der Waals surface area contributed by atoms with Gasteiger partial charge in [0.15, 0.2) is 5.60 Å². The lowest BCUT2D eigenvalue weighted by atomic mass is 9.90. The van der Waals surface area contributed by atoms with E-state index in [0.29, 0.717) is 0 Å². The van der Waals surface area contributed by atoms with Gasteiger partial charge in [0, 0.05) is 6.07 Å². The summed E-state index contributed by atoms with van der Waals surface area (Å²) in [6.07, 6.45) is -0.815. The van der Waals surface area contributed by atoms with Gasteiger partial charge in [-0.25, -0.2) is 9.18 Å². The first-order valence-electron chi connectivity index (χ1n) is 7.23. The number of amides is 1. The smallest absolute Gasteiger partial charge is 0.410 e. The highest BCUT2D eigenvalue weighted by atomic mass is 19.1. The predicted molar refractivity (Wildman–Crippen MR) is 79.8 cm³/mol. The highest BCUT2D eigenvalue weighted by Crippen LogP contribution is 2.32. The summed E-state index contributed by atoms with van der Waals surface area (Å²) in [5, 5.41) is 9.07. The molecular weight excluding hydrogens is 305 g/mol. The van der Waals surface area contributed by atoms with Gasteiger partial charge in [0.1, 0.15) is 17.2 Å². The fraction of sp³-hybridized carbons (Fsp3) is 0.500. The van der Waals surface area contributed by atoms with Crippen LogP contribution in [0, 0.1) is 5.82 Å². The number of rotatable bonds is 4. The van der Waals surface area contributed by atoms with Crippen LogP contribution in [0.3, 0.4) is 0 Å². The van der Waals surface area contributed by atoms with Gasteiger partial charge in [0.25, 0.3) is 0 Å². The van der Waals surface area contributed by atoms with Crippen molar-refractivity contribution in [1.29, 1.82) is 0 Å². The number of carboxylic acids is 1. The van der Waals surface area contributed by atoms with Gasteiger partial charge >= 0.3 is 12.1 Å². The molecule has 0 spiro atoms. The van der Waals surface area contributed by atoms with Crippen LogP contribution < -0.4 is 4.74 Å². The molecular formula is C16H20FNO5. The largest absolute Gasteiger partial charge is 0.483 e. The topological polar surface area (TPSA) is 76.1 Å². The quantitative estimate of drug-likeness (QED) is 0.921. The standard InChI is InChI=1S/C16H20FNO5/c1-15(2,3)23-14(21)18-9-16(10-18,8-13(19)20)22-12-6-4-5-11(17)7-12/h4-7H,8-10H2,1-3H3,(H,19,20). The summed E-state index contributed by atoms with van der Waals surface area (Å²) in [7, 11) is 0. The van der Waals surface area contributed by atoms with Crippen LogP contribution in [0.15, 0.2) is 24.3 Å². The van der Waals surface area contributed by atoms with Crippen LogP contribution >= 0.6 is 0 Å². The van der Waals surface area contributed by atoms with Crippen molar-refractivity contribution in [3.8, 4) is 5.75 Å². The van der Waals surface area contributed by atoms with E-state index in [2.05, 4.69) is 0 Å². The number of hydrogen-bond acceptors (Lipinski definition) is 4. The number of hydrogen-bond donors (Lipinski definition) is 1. The van der Waals surface area contributed by atoms with Gasteiger partial charge in [-0.3, -0.25) is 9.69 Å². The average molecular weight is 325 g/mol. The molecule has 126 valence electrons. The molecule has 0 unspecified atom stereocenters. The molecule has 0 aliphatic carbocycles. The first-order chi connectivity index (χ1) is 10.6. The number of carboxylic acid groups (broad SMARTS) is 1. The minimum absolute atomic E-state index is 0.0741. The number of nitrogens with zero attached hydrogens (tertiary/aromatic N) is 1. The molecule has 1 amide bonds. The van der Waals surface area contributed by atoms with E-state index in [4.69, 9.17) is 14.6 Å². The lowest BCUT2D eigenvalue weighted by Crippen LogP contribution is -2.67. The van der Waals surface area contributed by atoms with E-state index >= 15 is 0 Å². The molecule has 0 radical (unpaired) electrons. The minimum Gasteiger partial charge on any atom is -0.483 e. The van der Waals surface area contributed by atoms with Crippen molar-refractivity contribution in [2.45, 2.75) is 38.4 Å². The van der Waals surface area contributed by atoms with Gasteiger partial charge in [-0.1, -0.05) is 6.07 Å². The van der Waals surface area contributed by atoms with Crippen molar-refractivity contribution in [3.05, 3.63) is 30.1 Å². The van der Waals surface area contributed by atoms with Crippen molar-refractivity contribution in [2.24, 2.45) is 0 Å². The summed E-state index contributed by atoms with van der Waals surface area (Å²) in [6, 6.07) is 5.47. The van der Waals surface area contributed by atoms with E-state index in [1.54, 1.807) is 26.8 Å². The molecule has 0 aromatic heterocycles. The molecule has 1 aliphatic rings. The van der Waals surface area contributed by atoms with Gasteiger partial charge in [0.05, 0.1) is 19.5 Å². The lowest BCUT2D eigenvalue weighted by molar-refractivity contribution is -0.149. The second kappa shape index (κ2) is 6.06. The first-order valence-corrected chi connectivity index (χ1v) is 7.23. The second-order valence-electron chi connectivity index (χ2n) is 6.65. The Hall–Kier alpha value is -2.31. The molecule has 1 aromatic rings. The van der Waals surface area contributed by atoms with Crippen LogP contribution in [0.2, 0.25) is 0 Å². The summed E-state index contributed by atoms with van der Waals surface area (Å²) in [5.41, 5.74) is -1.71. The third kappa shape index (κ3) is 4.58. The molecule has 0 bridgehead atoms. The third-order valence-electron chi connectivity index (χ3n) is 3.21. The number of likely N-dealkylation sites (tertiary alicyclic amines) is 1. The van der Waals surface area contributed by atoms with Crippen LogP contribution in [-0.2, 0) is 9.53 Å². The molecule has 1 saturated heterocycles. The number of benzene rings is 1. The Morgan fingerprint density at radius 1 is 1.35 bits per heavy atom. The lowest BCUT2D eigenvalue weighted by Gasteiger charge is -2.48. The van der Waals surface area contributed by atoms with Crippen LogP contribution in [0.1, 0.15) is 27.2 Å². The Balaban J connectivity index is 2.06. The summed E-state index contributed by atoms with van der Waals surface area (Å²) in [5.74, 6) is -1.29. The summed E-state index contributed by atoms with van der Waals surface area (Å²) in [4.78, 5) is 24.4. The maximum atomic E-state index is 13.2. The Morgan fingerprint density at radius 3 is 2.52 bits per heavy atom. The number of aliphatic carboxylic acids is 1. The average Bonchev–Trinajstić information content (AvgIpc) is 2.32. The molecule has 1 aliphatic heterocycles. The van der Waals surface area contributed by atoms with Gasteiger partial charge in [0.2, 0.25) is 0 Å². The highest BCUT2D eigenvalue weighted by molar-refractivity contribution is 5.72. The van der Waals surface area contributed by atoms with E-state index in [9.17, 15) is 14.0 Å². The Bertz CT molecular complexity index is 605. The fourth-order valence-electron chi connectivity index (χ4n) is 2.37. The monoisotopic (exact) mass is 325 g/mol. The van der Waals surface area contributed by atoms with Crippen LogP contribution in [0.25, 0.3) is 0 Å². The van der Waals surface area contributed by atoms with E-state index in [-0.39, 0.29) is 25.3 Å². The van der Waals surface area contributed by atoms with Crippen LogP contribution in [0.4, 0.5) is 9.18 Å². The van der Waals surface area contributed by atoms with E-state index < -0.39 is 29.1 Å². The Morgan fingerprint density at radius 2 is 2.00 bits per heavy atom. The highest BCUT2D eigenvalue weighted by Gasteiger charge is 2.50. The normalized spacial score (nSPS) is 16.4. The molecule has 0 atom stereocenters. The van der Waals surface area contributed by atoms with Crippen LogP contribution in [-0.4, -0.2) is 46.4 Å². The summed E-state index contributed by atoms with van der Waals surface area (Å²) >= 11 is 0. The third-order valence-corrected chi connectivity index (χ3v) is 3.21. The number of ether oxygens (including phenoxy) is 2. The molecule has 7 heteroatoms. The maximum absolute atomic E-state index is 13.2. The molecule has 1 heterocycles. The molecule has 6 nitrogen and oxygen atoms in total. The van der Waals surface area contributed by atoms with Gasteiger partial charge in [-0.2, -0.15) is 0 Å². The van der Waals surface area contributed by atoms with Gasteiger partial charge in [-0.15, -0.1) is 0 Å². The zero-order valence-electron chi connectivity index (χ0n) is 13.3. The molecule has 2 rings (SSSR count). The zero-order chi connectivity index (χ0) is 17.3. The first kappa shape index (κ1) is 17.1. The van der Waals surface area contributed by atoms with E-state index in [0.717, 1.165) is 0 Å². The van der Waals surface area contributed by atoms with Crippen molar-refractivity contribution in [3.63, 3.8) is 0 Å². The zero-order valence-corrected chi connectivity index (χ0v) is 13.3. The minimum atomic E-state index is -1.07. The predicted octanol–water partition coefficient (Wildman–Crippen LogP) is 2.67. The number of carbonyl (C=O) groups excluding carboxylic acids is 1. The molecule has 1 N–H and O–H groups in total. The maximum Gasteiger partial charge on any atom is 0.410 e. The molecule has 0 saturated carbocycles. The van der Waals surface area contributed by atoms with Gasteiger partial charge < -0.3 is 14.6 Å².